The van der Waals surface area contributed by atoms with Gasteiger partial charge in [0.1, 0.15) is 24.8 Å². The fraction of sp³-hybridized carbons (Fsp3) is 0.400. The van der Waals surface area contributed by atoms with E-state index in [0.717, 1.165) is 11.1 Å². The molecule has 0 aliphatic carbocycles. The average Bonchev–Trinajstić information content (AvgIpc) is 2.75. The maximum Gasteiger partial charge on any atom is 0.410 e. The Morgan fingerprint density at radius 1 is 0.875 bits per heavy atom. The van der Waals surface area contributed by atoms with Gasteiger partial charge in [-0.3, -0.25) is 14.5 Å². The predicted molar refractivity (Wildman–Crippen MR) is 122 cm³/mol. The van der Waals surface area contributed by atoms with Gasteiger partial charge in [-0.1, -0.05) is 60.7 Å². The third-order valence-electron chi connectivity index (χ3n) is 4.69. The van der Waals surface area contributed by atoms with Crippen LogP contribution in [0.5, 0.6) is 0 Å². The molecule has 2 aromatic rings. The van der Waals surface area contributed by atoms with Crippen molar-refractivity contribution in [2.45, 2.75) is 45.4 Å². The fourth-order valence-corrected chi connectivity index (χ4v) is 3.00. The number of hydrogen-bond acceptors (Lipinski definition) is 5. The first kappa shape index (κ1) is 24.9. The Labute approximate surface area is 189 Å². The second kappa shape index (κ2) is 11.3. The number of likely N-dealkylation sites (N-methyl/N-ethyl adjacent to an activating group) is 2. The molecule has 7 heteroatoms. The number of benzene rings is 2. The topological polar surface area (TPSA) is 76.2 Å². The third kappa shape index (κ3) is 8.06. The number of rotatable bonds is 8. The van der Waals surface area contributed by atoms with Crippen molar-refractivity contribution in [1.82, 2.24) is 9.80 Å². The van der Waals surface area contributed by atoms with Crippen molar-refractivity contribution in [3.05, 3.63) is 71.8 Å². The first-order valence-electron chi connectivity index (χ1n) is 10.5. The molecule has 0 aromatic heterocycles. The van der Waals surface area contributed by atoms with Crippen molar-refractivity contribution in [1.29, 1.82) is 0 Å². The van der Waals surface area contributed by atoms with Gasteiger partial charge in [0.25, 0.3) is 0 Å². The normalized spacial score (nSPS) is 11.9. The van der Waals surface area contributed by atoms with E-state index in [1.54, 1.807) is 20.8 Å². The molecule has 0 saturated heterocycles. The largest absolute Gasteiger partial charge is 0.459 e. The minimum absolute atomic E-state index is 0.132. The van der Waals surface area contributed by atoms with Crippen LogP contribution in [0, 0.1) is 0 Å². The summed E-state index contributed by atoms with van der Waals surface area (Å²) in [6.45, 7) is 5.21. The fourth-order valence-electron chi connectivity index (χ4n) is 3.00. The van der Waals surface area contributed by atoms with Gasteiger partial charge >= 0.3 is 12.1 Å². The SMILES string of the molecule is CN(CC(=O)OCc1ccccc1)C(=O)[C@@H](Cc1ccccc1)N(C)C(=O)OC(C)(C)C. The van der Waals surface area contributed by atoms with Crippen molar-refractivity contribution in [3.63, 3.8) is 0 Å². The van der Waals surface area contributed by atoms with Crippen molar-refractivity contribution in [2.24, 2.45) is 0 Å². The zero-order valence-electron chi connectivity index (χ0n) is 19.4. The van der Waals surface area contributed by atoms with Gasteiger partial charge < -0.3 is 14.4 Å². The second-order valence-corrected chi connectivity index (χ2v) is 8.64. The van der Waals surface area contributed by atoms with Gasteiger partial charge in [-0.25, -0.2) is 4.79 Å². The van der Waals surface area contributed by atoms with E-state index in [1.807, 2.05) is 60.7 Å². The summed E-state index contributed by atoms with van der Waals surface area (Å²) in [7, 11) is 3.05. The molecule has 0 heterocycles. The highest BCUT2D eigenvalue weighted by molar-refractivity contribution is 5.88. The van der Waals surface area contributed by atoms with Crippen LogP contribution in [0.4, 0.5) is 4.79 Å². The van der Waals surface area contributed by atoms with Crippen LogP contribution in [-0.4, -0.2) is 60.1 Å². The van der Waals surface area contributed by atoms with Crippen molar-refractivity contribution in [3.8, 4) is 0 Å². The minimum atomic E-state index is -0.834. The van der Waals surface area contributed by atoms with Gasteiger partial charge in [0.15, 0.2) is 0 Å². The van der Waals surface area contributed by atoms with E-state index in [-0.39, 0.29) is 19.1 Å². The van der Waals surface area contributed by atoms with E-state index in [1.165, 1.54) is 23.9 Å². The number of carbonyl (C=O) groups is 3. The Morgan fingerprint density at radius 3 is 1.94 bits per heavy atom. The predicted octanol–water partition coefficient (Wildman–Crippen LogP) is 3.67. The van der Waals surface area contributed by atoms with Crippen LogP contribution < -0.4 is 0 Å². The lowest BCUT2D eigenvalue weighted by molar-refractivity contribution is -0.150. The van der Waals surface area contributed by atoms with E-state index >= 15 is 0 Å². The molecule has 2 amide bonds. The number of hydrogen-bond donors (Lipinski definition) is 0. The van der Waals surface area contributed by atoms with Crippen LogP contribution in [0.1, 0.15) is 31.9 Å². The molecule has 172 valence electrons. The maximum atomic E-state index is 13.2. The summed E-state index contributed by atoms with van der Waals surface area (Å²) in [6, 6.07) is 17.9. The number of esters is 1. The van der Waals surface area contributed by atoms with E-state index < -0.39 is 23.7 Å². The molecule has 0 aliphatic rings. The highest BCUT2D eigenvalue weighted by atomic mass is 16.6. The van der Waals surface area contributed by atoms with Crippen LogP contribution in [0.2, 0.25) is 0 Å². The van der Waals surface area contributed by atoms with Gasteiger partial charge in [0.2, 0.25) is 5.91 Å². The molecule has 2 aromatic carbocycles. The Kier molecular flexibility index (Phi) is 8.81. The van der Waals surface area contributed by atoms with E-state index in [4.69, 9.17) is 9.47 Å². The summed E-state index contributed by atoms with van der Waals surface area (Å²) in [5, 5.41) is 0. The lowest BCUT2D eigenvalue weighted by Crippen LogP contribution is -2.51. The van der Waals surface area contributed by atoms with Crippen LogP contribution in [0.25, 0.3) is 0 Å². The quantitative estimate of drug-likeness (QED) is 0.586. The smallest absolute Gasteiger partial charge is 0.410 e. The zero-order chi connectivity index (χ0) is 23.7. The highest BCUT2D eigenvalue weighted by Crippen LogP contribution is 2.15. The molecule has 0 saturated carbocycles. The monoisotopic (exact) mass is 440 g/mol. The molecule has 7 nitrogen and oxygen atoms in total. The third-order valence-corrected chi connectivity index (χ3v) is 4.69. The van der Waals surface area contributed by atoms with E-state index in [0.29, 0.717) is 6.42 Å². The summed E-state index contributed by atoms with van der Waals surface area (Å²) >= 11 is 0. The Hall–Kier alpha value is -3.35. The second-order valence-electron chi connectivity index (χ2n) is 8.64. The molecule has 32 heavy (non-hydrogen) atoms. The number of amides is 2. The summed E-state index contributed by atoms with van der Waals surface area (Å²) in [5.74, 6) is -0.901. The molecule has 0 radical (unpaired) electrons. The summed E-state index contributed by atoms with van der Waals surface area (Å²) in [5.41, 5.74) is 1.06. The summed E-state index contributed by atoms with van der Waals surface area (Å²) in [4.78, 5) is 40.7. The maximum absolute atomic E-state index is 13.2. The molecule has 0 aliphatic heterocycles. The highest BCUT2D eigenvalue weighted by Gasteiger charge is 2.33. The van der Waals surface area contributed by atoms with Gasteiger partial charge in [-0.05, 0) is 31.9 Å². The van der Waals surface area contributed by atoms with Crippen LogP contribution in [0.15, 0.2) is 60.7 Å². The lowest BCUT2D eigenvalue weighted by atomic mass is 10.0. The summed E-state index contributed by atoms with van der Waals surface area (Å²) in [6.07, 6.45) is -0.314. The molecule has 0 N–H and O–H groups in total. The molecule has 0 bridgehead atoms. The number of ether oxygens (including phenoxy) is 2. The first-order chi connectivity index (χ1) is 15.1. The van der Waals surface area contributed by atoms with Gasteiger partial charge in [0, 0.05) is 20.5 Å². The van der Waals surface area contributed by atoms with E-state index in [2.05, 4.69) is 0 Å². The van der Waals surface area contributed by atoms with Crippen LogP contribution in [-0.2, 0) is 32.1 Å². The van der Waals surface area contributed by atoms with Gasteiger partial charge in [-0.2, -0.15) is 0 Å². The van der Waals surface area contributed by atoms with Crippen molar-refractivity contribution < 1.29 is 23.9 Å². The summed E-state index contributed by atoms with van der Waals surface area (Å²) < 4.78 is 10.7. The lowest BCUT2D eigenvalue weighted by Gasteiger charge is -2.32. The zero-order valence-corrected chi connectivity index (χ0v) is 19.4. The van der Waals surface area contributed by atoms with Gasteiger partial charge in [0.05, 0.1) is 0 Å². The van der Waals surface area contributed by atoms with E-state index in [9.17, 15) is 14.4 Å². The van der Waals surface area contributed by atoms with Gasteiger partial charge in [-0.15, -0.1) is 0 Å². The molecule has 1 atom stereocenters. The standard InChI is InChI=1S/C25H32N2O5/c1-25(2,3)32-24(30)27(5)21(16-19-12-8-6-9-13-19)23(29)26(4)17-22(28)31-18-20-14-10-7-11-15-20/h6-15,21H,16-18H2,1-5H3/t21-/m1/s1. The Balaban J connectivity index is 2.08. The Bertz CT molecular complexity index is 894. The molecule has 0 fully saturated rings. The molecule has 2 rings (SSSR count). The Morgan fingerprint density at radius 2 is 1.41 bits per heavy atom. The molecular weight excluding hydrogens is 408 g/mol. The average molecular weight is 441 g/mol. The number of nitrogens with zero attached hydrogens (tertiary/aromatic N) is 2. The van der Waals surface area contributed by atoms with Crippen molar-refractivity contribution in [2.75, 3.05) is 20.6 Å². The number of carbonyl (C=O) groups excluding carboxylic acids is 3. The molecule has 0 spiro atoms. The molecular formula is C25H32N2O5. The van der Waals surface area contributed by atoms with Crippen LogP contribution >= 0.6 is 0 Å². The van der Waals surface area contributed by atoms with Crippen LogP contribution in [0.3, 0.4) is 0 Å². The minimum Gasteiger partial charge on any atom is -0.459 e. The van der Waals surface area contributed by atoms with Crippen molar-refractivity contribution >= 4 is 18.0 Å². The molecule has 0 unspecified atom stereocenters. The first-order valence-corrected chi connectivity index (χ1v) is 10.5.